The third-order valence-electron chi connectivity index (χ3n) is 3.91. The van der Waals surface area contributed by atoms with Crippen LogP contribution in [0.2, 0.25) is 0 Å². The third-order valence-corrected chi connectivity index (χ3v) is 3.91. The number of hydrogen-bond acceptors (Lipinski definition) is 3. The highest BCUT2D eigenvalue weighted by atomic mass is 16.6. The summed E-state index contributed by atoms with van der Waals surface area (Å²) >= 11 is 0. The van der Waals surface area contributed by atoms with E-state index in [1.165, 1.54) is 6.07 Å². The quantitative estimate of drug-likeness (QED) is 0.361. The number of nitro benzene ring substituents is 1. The lowest BCUT2D eigenvalue weighted by atomic mass is 9.98. The molecule has 22 heavy (non-hydrogen) atoms. The number of rotatable bonds is 2. The van der Waals surface area contributed by atoms with Gasteiger partial charge in [0.15, 0.2) is 5.78 Å². The van der Waals surface area contributed by atoms with Crippen LogP contribution in [-0.2, 0) is 6.42 Å². The normalized spacial score (nSPS) is 16.2. The first-order chi connectivity index (χ1) is 10.7. The molecule has 0 N–H and O–H groups in total. The number of benzene rings is 2. The Kier molecular flexibility index (Phi) is 3.83. The van der Waals surface area contributed by atoms with Crippen molar-refractivity contribution < 1.29 is 9.72 Å². The molecule has 0 heterocycles. The molecule has 0 aromatic heterocycles. The van der Waals surface area contributed by atoms with E-state index in [0.717, 1.165) is 18.4 Å². The van der Waals surface area contributed by atoms with Crippen LogP contribution in [-0.4, -0.2) is 10.7 Å². The Balaban J connectivity index is 2.05. The first kappa shape index (κ1) is 14.2. The second-order valence-electron chi connectivity index (χ2n) is 5.33. The molecule has 0 saturated carbocycles. The van der Waals surface area contributed by atoms with E-state index in [2.05, 4.69) is 0 Å². The van der Waals surface area contributed by atoms with Gasteiger partial charge in [0.05, 0.1) is 10.5 Å². The number of carbonyl (C=O) groups is 1. The summed E-state index contributed by atoms with van der Waals surface area (Å²) in [5.41, 5.74) is 2.91. The molecule has 0 spiro atoms. The number of ketones is 1. The first-order valence-corrected chi connectivity index (χ1v) is 7.23. The van der Waals surface area contributed by atoms with Gasteiger partial charge in [-0.25, -0.2) is 0 Å². The Morgan fingerprint density at radius 2 is 1.73 bits per heavy atom. The summed E-state index contributed by atoms with van der Waals surface area (Å²) in [5.74, 6) is -0.0220. The van der Waals surface area contributed by atoms with Crippen LogP contribution in [0.4, 0.5) is 5.69 Å². The lowest BCUT2D eigenvalue weighted by Crippen LogP contribution is -2.03. The van der Waals surface area contributed by atoms with Crippen LogP contribution in [0.1, 0.15) is 34.3 Å². The molecule has 0 atom stereocenters. The summed E-state index contributed by atoms with van der Waals surface area (Å²) in [7, 11) is 0. The van der Waals surface area contributed by atoms with E-state index >= 15 is 0 Å². The van der Waals surface area contributed by atoms with Crippen molar-refractivity contribution in [2.75, 3.05) is 0 Å². The molecule has 0 saturated heterocycles. The third kappa shape index (κ3) is 2.68. The number of nitro groups is 1. The molecule has 1 aliphatic carbocycles. The predicted molar refractivity (Wildman–Crippen MR) is 84.8 cm³/mol. The van der Waals surface area contributed by atoms with Gasteiger partial charge in [0.1, 0.15) is 0 Å². The maximum atomic E-state index is 12.7. The largest absolute Gasteiger partial charge is 0.289 e. The lowest BCUT2D eigenvalue weighted by Gasteiger charge is -2.05. The number of allylic oxidation sites excluding steroid dienone is 1. The monoisotopic (exact) mass is 293 g/mol. The van der Waals surface area contributed by atoms with Gasteiger partial charge < -0.3 is 0 Å². The van der Waals surface area contributed by atoms with E-state index in [0.29, 0.717) is 23.1 Å². The van der Waals surface area contributed by atoms with Crippen LogP contribution in [0, 0.1) is 10.1 Å². The number of nitrogens with zero attached hydrogens (tertiary/aromatic N) is 1. The lowest BCUT2D eigenvalue weighted by molar-refractivity contribution is -0.385. The highest BCUT2D eigenvalue weighted by molar-refractivity contribution is 6.12. The minimum Gasteiger partial charge on any atom is -0.289 e. The minimum absolute atomic E-state index is 0.0220. The standard InChI is InChI=1S/C18H15NO3/c20-18-15(9-5-8-13-6-1-3-10-16(13)18)12-14-7-2-4-11-17(14)19(21)22/h1-4,6-7,10-12H,5,8-9H2/b15-12+. The summed E-state index contributed by atoms with van der Waals surface area (Å²) in [6.45, 7) is 0. The molecular formula is C18H15NO3. The van der Waals surface area contributed by atoms with Gasteiger partial charge in [0.2, 0.25) is 0 Å². The smallest absolute Gasteiger partial charge is 0.276 e. The summed E-state index contributed by atoms with van der Waals surface area (Å²) in [4.78, 5) is 23.4. The molecule has 110 valence electrons. The van der Waals surface area contributed by atoms with E-state index in [1.54, 1.807) is 24.3 Å². The minimum atomic E-state index is -0.415. The van der Waals surface area contributed by atoms with E-state index in [1.807, 2.05) is 24.3 Å². The summed E-state index contributed by atoms with van der Waals surface area (Å²) in [5, 5.41) is 11.1. The second-order valence-corrected chi connectivity index (χ2v) is 5.33. The van der Waals surface area contributed by atoms with E-state index in [9.17, 15) is 14.9 Å². The fourth-order valence-electron chi connectivity index (χ4n) is 2.82. The Labute approximate surface area is 128 Å². The van der Waals surface area contributed by atoms with Crippen molar-refractivity contribution in [1.29, 1.82) is 0 Å². The van der Waals surface area contributed by atoms with Gasteiger partial charge in [-0.1, -0.05) is 36.4 Å². The highest BCUT2D eigenvalue weighted by Gasteiger charge is 2.20. The Morgan fingerprint density at radius 1 is 1.00 bits per heavy atom. The zero-order valence-corrected chi connectivity index (χ0v) is 12.0. The van der Waals surface area contributed by atoms with Crippen molar-refractivity contribution >= 4 is 17.5 Å². The van der Waals surface area contributed by atoms with Crippen molar-refractivity contribution in [3.05, 3.63) is 80.9 Å². The molecule has 0 amide bonds. The number of hydrogen-bond donors (Lipinski definition) is 0. The Hall–Kier alpha value is -2.75. The van der Waals surface area contributed by atoms with Gasteiger partial charge in [-0.05, 0) is 37.0 Å². The van der Waals surface area contributed by atoms with Gasteiger partial charge in [-0.2, -0.15) is 0 Å². The van der Waals surface area contributed by atoms with Crippen LogP contribution in [0.15, 0.2) is 54.1 Å². The van der Waals surface area contributed by atoms with Gasteiger partial charge in [-0.3, -0.25) is 14.9 Å². The molecule has 2 aromatic carbocycles. The first-order valence-electron chi connectivity index (χ1n) is 7.23. The van der Waals surface area contributed by atoms with Crippen molar-refractivity contribution in [1.82, 2.24) is 0 Å². The van der Waals surface area contributed by atoms with Gasteiger partial charge in [0, 0.05) is 17.2 Å². The summed E-state index contributed by atoms with van der Waals surface area (Å²) in [6, 6.07) is 14.1. The molecule has 0 radical (unpaired) electrons. The SMILES string of the molecule is O=C1/C(=C/c2ccccc2[N+](=O)[O-])CCCc2ccccc21. The Bertz CT molecular complexity index is 777. The van der Waals surface area contributed by atoms with Crippen molar-refractivity contribution in [3.8, 4) is 0 Å². The molecule has 4 nitrogen and oxygen atoms in total. The fraction of sp³-hybridized carbons (Fsp3) is 0.167. The topological polar surface area (TPSA) is 60.2 Å². The van der Waals surface area contributed by atoms with Crippen LogP contribution in [0.25, 0.3) is 6.08 Å². The molecule has 1 aliphatic rings. The Morgan fingerprint density at radius 3 is 2.55 bits per heavy atom. The van der Waals surface area contributed by atoms with Crippen molar-refractivity contribution in [2.45, 2.75) is 19.3 Å². The van der Waals surface area contributed by atoms with Crippen LogP contribution in [0.3, 0.4) is 0 Å². The molecule has 4 heteroatoms. The van der Waals surface area contributed by atoms with Crippen LogP contribution < -0.4 is 0 Å². The van der Waals surface area contributed by atoms with Crippen LogP contribution >= 0.6 is 0 Å². The second kappa shape index (κ2) is 5.93. The van der Waals surface area contributed by atoms with Crippen LogP contribution in [0.5, 0.6) is 0 Å². The van der Waals surface area contributed by atoms with Crippen molar-refractivity contribution in [2.24, 2.45) is 0 Å². The summed E-state index contributed by atoms with van der Waals surface area (Å²) < 4.78 is 0. The predicted octanol–water partition coefficient (Wildman–Crippen LogP) is 4.20. The number of carbonyl (C=O) groups excluding carboxylic acids is 1. The zero-order chi connectivity index (χ0) is 15.5. The maximum Gasteiger partial charge on any atom is 0.276 e. The molecule has 2 aromatic rings. The fourth-order valence-corrected chi connectivity index (χ4v) is 2.82. The highest BCUT2D eigenvalue weighted by Crippen LogP contribution is 2.28. The molecule has 0 fully saturated rings. The van der Waals surface area contributed by atoms with E-state index in [-0.39, 0.29) is 11.5 Å². The van der Waals surface area contributed by atoms with E-state index < -0.39 is 4.92 Å². The average molecular weight is 293 g/mol. The zero-order valence-electron chi connectivity index (χ0n) is 12.0. The van der Waals surface area contributed by atoms with E-state index in [4.69, 9.17) is 0 Å². The van der Waals surface area contributed by atoms with Gasteiger partial charge >= 0.3 is 0 Å². The van der Waals surface area contributed by atoms with Gasteiger partial charge in [0.25, 0.3) is 5.69 Å². The number of para-hydroxylation sites is 1. The number of Topliss-reactive ketones (excluding diaryl/α,β-unsaturated/α-hetero) is 1. The maximum absolute atomic E-state index is 12.7. The molecule has 0 bridgehead atoms. The molecule has 0 unspecified atom stereocenters. The molecule has 3 rings (SSSR count). The number of aryl methyl sites for hydroxylation is 1. The molecule has 0 aliphatic heterocycles. The average Bonchev–Trinajstić information content (AvgIpc) is 2.68. The number of fused-ring (bicyclic) bond motifs is 1. The van der Waals surface area contributed by atoms with Crippen molar-refractivity contribution in [3.63, 3.8) is 0 Å². The van der Waals surface area contributed by atoms with Gasteiger partial charge in [-0.15, -0.1) is 0 Å². The summed E-state index contributed by atoms with van der Waals surface area (Å²) in [6.07, 6.45) is 4.04. The molecular weight excluding hydrogens is 278 g/mol.